The molecule has 0 bridgehead atoms. The first kappa shape index (κ1) is 10.2. The molecule has 1 aromatic carbocycles. The molecule has 3 nitrogen and oxygen atoms in total. The number of halogens is 1. The fourth-order valence-electron chi connectivity index (χ4n) is 0.839. The second-order valence-corrected chi connectivity index (χ2v) is 2.01. The number of hydrogen-bond acceptors (Lipinski definition) is 3. The second kappa shape index (κ2) is 4.96. The lowest BCUT2D eigenvalue weighted by molar-refractivity contribution is 1.07. The molecule has 1 rings (SSSR count). The fraction of sp³-hybridized carbons (Fsp3) is 0.143. The summed E-state index contributed by atoms with van der Waals surface area (Å²) >= 11 is 0. The highest BCUT2D eigenvalue weighted by Gasteiger charge is 1.94. The summed E-state index contributed by atoms with van der Waals surface area (Å²) < 4.78 is 0. The van der Waals surface area contributed by atoms with Gasteiger partial charge in [-0.1, -0.05) is 18.2 Å². The van der Waals surface area contributed by atoms with E-state index < -0.39 is 0 Å². The Morgan fingerprint density at radius 3 is 2.36 bits per heavy atom. The van der Waals surface area contributed by atoms with Crippen molar-refractivity contribution in [3.8, 4) is 0 Å². The molecule has 0 aliphatic heterocycles. The molecule has 0 heterocycles. The molecule has 0 fully saturated rings. The number of nitrogen functional groups attached to an aromatic ring is 1. The highest BCUT2D eigenvalue weighted by Crippen LogP contribution is 2.11. The molecule has 5 N–H and O–H groups in total. The highest BCUT2D eigenvalue weighted by atomic mass is 35.5. The molecule has 0 spiro atoms. The first-order chi connectivity index (χ1) is 4.88. The van der Waals surface area contributed by atoms with E-state index in [0.717, 1.165) is 11.3 Å². The number of rotatable bonds is 2. The number of hydrazine groups is 1. The molecule has 62 valence electrons. The third-order valence-corrected chi connectivity index (χ3v) is 1.39. The predicted octanol–water partition coefficient (Wildman–Crippen LogP) is 0.853. The van der Waals surface area contributed by atoms with Crippen molar-refractivity contribution in [2.24, 2.45) is 11.6 Å². The summed E-state index contributed by atoms with van der Waals surface area (Å²) in [6, 6.07) is 7.68. The van der Waals surface area contributed by atoms with Gasteiger partial charge in [-0.25, -0.2) is 0 Å². The van der Waals surface area contributed by atoms with Crippen molar-refractivity contribution in [2.75, 3.05) is 5.43 Å². The van der Waals surface area contributed by atoms with Crippen LogP contribution in [0.3, 0.4) is 0 Å². The molecular weight excluding hydrogens is 162 g/mol. The van der Waals surface area contributed by atoms with Crippen molar-refractivity contribution < 1.29 is 0 Å². The van der Waals surface area contributed by atoms with Crippen molar-refractivity contribution in [3.05, 3.63) is 29.8 Å². The van der Waals surface area contributed by atoms with Gasteiger partial charge in [0.1, 0.15) is 0 Å². The van der Waals surface area contributed by atoms with E-state index in [1.54, 1.807) is 0 Å². The van der Waals surface area contributed by atoms with E-state index in [-0.39, 0.29) is 12.4 Å². The van der Waals surface area contributed by atoms with Gasteiger partial charge in [-0.3, -0.25) is 5.84 Å². The van der Waals surface area contributed by atoms with Gasteiger partial charge >= 0.3 is 0 Å². The molecule has 0 aromatic heterocycles. The van der Waals surface area contributed by atoms with Crippen molar-refractivity contribution in [1.29, 1.82) is 0 Å². The molecule has 4 heteroatoms. The number of nitrogens with two attached hydrogens (primary N) is 2. The number of benzene rings is 1. The molecule has 0 aliphatic rings. The molecule has 0 saturated heterocycles. The van der Waals surface area contributed by atoms with Crippen LogP contribution in [0.15, 0.2) is 24.3 Å². The molecule has 0 unspecified atom stereocenters. The third-order valence-electron chi connectivity index (χ3n) is 1.39. The van der Waals surface area contributed by atoms with Crippen LogP contribution in [-0.4, -0.2) is 0 Å². The Bertz CT molecular complexity index is 192. The molecule has 0 saturated carbocycles. The van der Waals surface area contributed by atoms with Gasteiger partial charge in [0.05, 0.1) is 5.69 Å². The monoisotopic (exact) mass is 173 g/mol. The summed E-state index contributed by atoms with van der Waals surface area (Å²) in [5.41, 5.74) is 9.92. The quantitative estimate of drug-likeness (QED) is 0.459. The molecule has 0 aliphatic carbocycles. The fourth-order valence-corrected chi connectivity index (χ4v) is 0.839. The van der Waals surface area contributed by atoms with Crippen LogP contribution in [-0.2, 0) is 6.54 Å². The van der Waals surface area contributed by atoms with Crippen LogP contribution in [0.4, 0.5) is 5.69 Å². The van der Waals surface area contributed by atoms with E-state index in [9.17, 15) is 0 Å². The standard InChI is InChI=1S/C7H11N3.ClH/c8-5-6-3-1-2-4-7(6)10-9;/h1-4,10H,5,8-9H2;1H. The summed E-state index contributed by atoms with van der Waals surface area (Å²) in [5, 5.41) is 0. The second-order valence-electron chi connectivity index (χ2n) is 2.01. The van der Waals surface area contributed by atoms with Crippen LogP contribution in [0.2, 0.25) is 0 Å². The Morgan fingerprint density at radius 1 is 1.27 bits per heavy atom. The summed E-state index contributed by atoms with van der Waals surface area (Å²) in [7, 11) is 0. The Balaban J connectivity index is 0.000001000. The van der Waals surface area contributed by atoms with Gasteiger partial charge in [0.25, 0.3) is 0 Å². The zero-order valence-corrected chi connectivity index (χ0v) is 6.90. The van der Waals surface area contributed by atoms with E-state index in [2.05, 4.69) is 5.43 Å². The smallest absolute Gasteiger partial charge is 0.0529 e. The van der Waals surface area contributed by atoms with Crippen LogP contribution < -0.4 is 17.0 Å². The molecule has 0 radical (unpaired) electrons. The molecule has 1 aromatic rings. The van der Waals surface area contributed by atoms with E-state index in [1.807, 2.05) is 24.3 Å². The third kappa shape index (κ3) is 2.38. The summed E-state index contributed by atoms with van der Waals surface area (Å²) in [5.74, 6) is 5.22. The largest absolute Gasteiger partial charge is 0.326 e. The van der Waals surface area contributed by atoms with Gasteiger partial charge in [-0.2, -0.15) is 0 Å². The minimum absolute atomic E-state index is 0. The topological polar surface area (TPSA) is 64.1 Å². The SMILES string of the molecule is Cl.NCc1ccccc1NN. The average molecular weight is 174 g/mol. The van der Waals surface area contributed by atoms with Gasteiger partial charge in [-0.05, 0) is 11.6 Å². The van der Waals surface area contributed by atoms with Crippen molar-refractivity contribution in [2.45, 2.75) is 6.54 Å². The Kier molecular flexibility index (Phi) is 4.61. The first-order valence-corrected chi connectivity index (χ1v) is 3.13. The van der Waals surface area contributed by atoms with Crippen molar-refractivity contribution >= 4 is 18.1 Å². The van der Waals surface area contributed by atoms with Crippen LogP contribution >= 0.6 is 12.4 Å². The predicted molar refractivity (Wildman–Crippen MR) is 49.4 cm³/mol. The van der Waals surface area contributed by atoms with Gasteiger partial charge in [-0.15, -0.1) is 12.4 Å². The van der Waals surface area contributed by atoms with Gasteiger partial charge in [0, 0.05) is 6.54 Å². The van der Waals surface area contributed by atoms with Gasteiger partial charge in [0.15, 0.2) is 0 Å². The van der Waals surface area contributed by atoms with E-state index in [1.165, 1.54) is 0 Å². The number of hydrogen-bond donors (Lipinski definition) is 3. The first-order valence-electron chi connectivity index (χ1n) is 3.13. The molecule has 11 heavy (non-hydrogen) atoms. The summed E-state index contributed by atoms with van der Waals surface area (Å²) in [6.45, 7) is 0.514. The van der Waals surface area contributed by atoms with Gasteiger partial charge < -0.3 is 11.2 Å². The summed E-state index contributed by atoms with van der Waals surface area (Å²) in [6.07, 6.45) is 0. The number of para-hydroxylation sites is 1. The lowest BCUT2D eigenvalue weighted by Crippen LogP contribution is -2.10. The van der Waals surface area contributed by atoms with Gasteiger partial charge in [0.2, 0.25) is 0 Å². The van der Waals surface area contributed by atoms with Crippen molar-refractivity contribution in [1.82, 2.24) is 0 Å². The maximum atomic E-state index is 5.43. The molecule has 0 amide bonds. The Morgan fingerprint density at radius 2 is 1.91 bits per heavy atom. The lowest BCUT2D eigenvalue weighted by atomic mass is 10.2. The zero-order chi connectivity index (χ0) is 7.40. The average Bonchev–Trinajstić information content (AvgIpc) is 2.04. The zero-order valence-electron chi connectivity index (χ0n) is 6.08. The Hall–Kier alpha value is -0.770. The highest BCUT2D eigenvalue weighted by molar-refractivity contribution is 5.85. The van der Waals surface area contributed by atoms with E-state index in [4.69, 9.17) is 11.6 Å². The maximum Gasteiger partial charge on any atom is 0.0529 e. The molecule has 0 atom stereocenters. The van der Waals surface area contributed by atoms with Crippen LogP contribution in [0, 0.1) is 0 Å². The van der Waals surface area contributed by atoms with Crippen LogP contribution in [0.1, 0.15) is 5.56 Å². The minimum Gasteiger partial charge on any atom is -0.326 e. The Labute approximate surface area is 72.1 Å². The molecular formula is C7H12ClN3. The van der Waals surface area contributed by atoms with Crippen LogP contribution in [0.5, 0.6) is 0 Å². The number of nitrogens with one attached hydrogen (secondary N) is 1. The summed E-state index contributed by atoms with van der Waals surface area (Å²) in [4.78, 5) is 0. The van der Waals surface area contributed by atoms with Crippen molar-refractivity contribution in [3.63, 3.8) is 0 Å². The van der Waals surface area contributed by atoms with E-state index in [0.29, 0.717) is 6.54 Å². The van der Waals surface area contributed by atoms with Crippen LogP contribution in [0.25, 0.3) is 0 Å². The maximum absolute atomic E-state index is 5.43. The number of anilines is 1. The normalized spacial score (nSPS) is 8.55. The minimum atomic E-state index is 0. The van der Waals surface area contributed by atoms with E-state index >= 15 is 0 Å². The lowest BCUT2D eigenvalue weighted by Gasteiger charge is -2.04.